The molecular formula is C14H18N2O4S. The Morgan fingerprint density at radius 2 is 2.05 bits per heavy atom. The van der Waals surface area contributed by atoms with Crippen LogP contribution in [-0.4, -0.2) is 36.4 Å². The van der Waals surface area contributed by atoms with E-state index in [-0.39, 0.29) is 29.5 Å². The van der Waals surface area contributed by atoms with Gasteiger partial charge < -0.3 is 5.11 Å². The van der Waals surface area contributed by atoms with Crippen LogP contribution in [0.1, 0.15) is 36.2 Å². The summed E-state index contributed by atoms with van der Waals surface area (Å²) in [5.74, 6) is -1.18. The third-order valence-corrected chi connectivity index (χ3v) is 5.26. The van der Waals surface area contributed by atoms with E-state index in [4.69, 9.17) is 10.4 Å². The van der Waals surface area contributed by atoms with Gasteiger partial charge in [-0.05, 0) is 38.5 Å². The summed E-state index contributed by atoms with van der Waals surface area (Å²) in [6, 6.07) is 5.60. The van der Waals surface area contributed by atoms with E-state index < -0.39 is 16.0 Å². The Bertz CT molecular complexity index is 675. The average Bonchev–Trinajstić information content (AvgIpc) is 2.38. The molecule has 0 heterocycles. The van der Waals surface area contributed by atoms with Crippen molar-refractivity contribution in [2.45, 2.75) is 38.1 Å². The van der Waals surface area contributed by atoms with Gasteiger partial charge in [0.25, 0.3) is 0 Å². The molecule has 0 aliphatic carbocycles. The van der Waals surface area contributed by atoms with Crippen LogP contribution in [0, 0.1) is 18.3 Å². The zero-order valence-electron chi connectivity index (χ0n) is 12.2. The maximum absolute atomic E-state index is 12.7. The van der Waals surface area contributed by atoms with Crippen LogP contribution in [0.5, 0.6) is 0 Å². The van der Waals surface area contributed by atoms with E-state index in [1.807, 2.05) is 6.07 Å². The van der Waals surface area contributed by atoms with Crippen LogP contribution in [0.25, 0.3) is 0 Å². The van der Waals surface area contributed by atoms with Gasteiger partial charge in [-0.1, -0.05) is 6.07 Å². The number of aromatic carboxylic acids is 1. The smallest absolute Gasteiger partial charge is 0.335 e. The zero-order valence-corrected chi connectivity index (χ0v) is 13.0. The number of nitrogens with zero attached hydrogens (tertiary/aromatic N) is 2. The lowest BCUT2D eigenvalue weighted by molar-refractivity contribution is 0.0696. The van der Waals surface area contributed by atoms with E-state index >= 15 is 0 Å². The highest BCUT2D eigenvalue weighted by molar-refractivity contribution is 7.89. The molecule has 114 valence electrons. The Morgan fingerprint density at radius 1 is 1.43 bits per heavy atom. The monoisotopic (exact) mass is 310 g/mol. The molecule has 0 aliphatic heterocycles. The lowest BCUT2D eigenvalue weighted by atomic mass is 10.1. The summed E-state index contributed by atoms with van der Waals surface area (Å²) < 4.78 is 26.6. The standard InChI is InChI=1S/C14H18N2O4S/c1-10(2)16(8-4-7-15)21(19,20)13-9-12(14(17)18)6-5-11(13)3/h5-6,9-10H,4,8H2,1-3H3,(H,17,18). The average molecular weight is 310 g/mol. The number of carboxylic acids is 1. The number of hydrogen-bond acceptors (Lipinski definition) is 4. The maximum Gasteiger partial charge on any atom is 0.335 e. The van der Waals surface area contributed by atoms with Gasteiger partial charge in [0, 0.05) is 19.0 Å². The molecule has 0 saturated heterocycles. The molecule has 7 heteroatoms. The zero-order chi connectivity index (χ0) is 16.2. The first kappa shape index (κ1) is 17.1. The van der Waals surface area contributed by atoms with Crippen LogP contribution < -0.4 is 0 Å². The van der Waals surface area contributed by atoms with Gasteiger partial charge in [0.1, 0.15) is 0 Å². The van der Waals surface area contributed by atoms with Gasteiger partial charge in [0.15, 0.2) is 0 Å². The molecular weight excluding hydrogens is 292 g/mol. The van der Waals surface area contributed by atoms with E-state index in [0.29, 0.717) is 5.56 Å². The first-order chi connectivity index (χ1) is 9.71. The van der Waals surface area contributed by atoms with E-state index in [9.17, 15) is 13.2 Å². The van der Waals surface area contributed by atoms with Crippen molar-refractivity contribution in [3.8, 4) is 6.07 Å². The van der Waals surface area contributed by atoms with Crippen LogP contribution in [0.15, 0.2) is 23.1 Å². The molecule has 0 spiro atoms. The highest BCUT2D eigenvalue weighted by atomic mass is 32.2. The predicted molar refractivity (Wildman–Crippen MR) is 77.4 cm³/mol. The van der Waals surface area contributed by atoms with Gasteiger partial charge in [0.2, 0.25) is 10.0 Å². The van der Waals surface area contributed by atoms with E-state index in [0.717, 1.165) is 6.07 Å². The van der Waals surface area contributed by atoms with Crippen LogP contribution >= 0.6 is 0 Å². The Kier molecular flexibility index (Phi) is 5.47. The number of rotatable bonds is 6. The largest absolute Gasteiger partial charge is 0.478 e. The Balaban J connectivity index is 3.37. The number of nitriles is 1. The first-order valence-corrected chi connectivity index (χ1v) is 7.88. The quantitative estimate of drug-likeness (QED) is 0.866. The third kappa shape index (κ3) is 3.80. The van der Waals surface area contributed by atoms with Crippen LogP contribution in [-0.2, 0) is 10.0 Å². The third-order valence-electron chi connectivity index (χ3n) is 3.04. The van der Waals surface area contributed by atoms with E-state index in [1.165, 1.54) is 16.4 Å². The topological polar surface area (TPSA) is 98.5 Å². The molecule has 0 fully saturated rings. The second kappa shape index (κ2) is 6.70. The van der Waals surface area contributed by atoms with Crippen molar-refractivity contribution in [1.82, 2.24) is 4.31 Å². The molecule has 0 saturated carbocycles. The van der Waals surface area contributed by atoms with Crippen molar-refractivity contribution in [2.24, 2.45) is 0 Å². The van der Waals surface area contributed by atoms with Crippen molar-refractivity contribution < 1.29 is 18.3 Å². The molecule has 0 radical (unpaired) electrons. The molecule has 1 aromatic rings. The number of aryl methyl sites for hydroxylation is 1. The molecule has 0 aliphatic rings. The van der Waals surface area contributed by atoms with E-state index in [2.05, 4.69) is 0 Å². The normalized spacial score (nSPS) is 11.6. The van der Waals surface area contributed by atoms with Crippen molar-refractivity contribution >= 4 is 16.0 Å². The number of sulfonamides is 1. The second-order valence-corrected chi connectivity index (χ2v) is 6.76. The molecule has 1 N–H and O–H groups in total. The predicted octanol–water partition coefficient (Wildman–Crippen LogP) is 2.01. The molecule has 0 amide bonds. The summed E-state index contributed by atoms with van der Waals surface area (Å²) in [5, 5.41) is 17.7. The lowest BCUT2D eigenvalue weighted by Crippen LogP contribution is -2.38. The van der Waals surface area contributed by atoms with E-state index in [1.54, 1.807) is 20.8 Å². The number of carbonyl (C=O) groups is 1. The summed E-state index contributed by atoms with van der Waals surface area (Å²) >= 11 is 0. The summed E-state index contributed by atoms with van der Waals surface area (Å²) in [7, 11) is -3.84. The maximum atomic E-state index is 12.7. The molecule has 0 unspecified atom stereocenters. The number of hydrogen-bond donors (Lipinski definition) is 1. The molecule has 21 heavy (non-hydrogen) atoms. The minimum absolute atomic E-state index is 0.0333. The molecule has 1 aromatic carbocycles. The SMILES string of the molecule is Cc1ccc(C(=O)O)cc1S(=O)(=O)N(CCC#N)C(C)C. The molecule has 0 aromatic heterocycles. The van der Waals surface area contributed by atoms with Crippen molar-refractivity contribution in [3.05, 3.63) is 29.3 Å². The fourth-order valence-electron chi connectivity index (χ4n) is 1.95. The summed E-state index contributed by atoms with van der Waals surface area (Å²) in [6.07, 6.45) is 0.0785. The fraction of sp³-hybridized carbons (Fsp3) is 0.429. The van der Waals surface area contributed by atoms with Crippen molar-refractivity contribution in [3.63, 3.8) is 0 Å². The minimum Gasteiger partial charge on any atom is -0.478 e. The highest BCUT2D eigenvalue weighted by Crippen LogP contribution is 2.23. The fourth-order valence-corrected chi connectivity index (χ4v) is 3.84. The van der Waals surface area contributed by atoms with Gasteiger partial charge in [-0.25, -0.2) is 13.2 Å². The molecule has 6 nitrogen and oxygen atoms in total. The molecule has 0 atom stereocenters. The molecule has 1 rings (SSSR count). The van der Waals surface area contributed by atoms with Crippen molar-refractivity contribution in [2.75, 3.05) is 6.54 Å². The number of carboxylic acid groups (broad SMARTS) is 1. The first-order valence-electron chi connectivity index (χ1n) is 6.44. The van der Waals surface area contributed by atoms with Gasteiger partial charge in [-0.3, -0.25) is 0 Å². The Morgan fingerprint density at radius 3 is 2.52 bits per heavy atom. The van der Waals surface area contributed by atoms with Crippen molar-refractivity contribution in [1.29, 1.82) is 5.26 Å². The minimum atomic E-state index is -3.84. The van der Waals surface area contributed by atoms with Crippen LogP contribution in [0.4, 0.5) is 0 Å². The molecule has 0 bridgehead atoms. The van der Waals surface area contributed by atoms with Gasteiger partial charge in [-0.15, -0.1) is 0 Å². The summed E-state index contributed by atoms with van der Waals surface area (Å²) in [4.78, 5) is 11.0. The van der Waals surface area contributed by atoms with Crippen LogP contribution in [0.2, 0.25) is 0 Å². The Labute approximate surface area is 124 Å². The number of benzene rings is 1. The van der Waals surface area contributed by atoms with Crippen LogP contribution in [0.3, 0.4) is 0 Å². The van der Waals surface area contributed by atoms with Gasteiger partial charge >= 0.3 is 5.97 Å². The Hall–Kier alpha value is -1.91. The highest BCUT2D eigenvalue weighted by Gasteiger charge is 2.28. The van der Waals surface area contributed by atoms with Gasteiger partial charge in [0.05, 0.1) is 16.5 Å². The second-order valence-electron chi connectivity index (χ2n) is 4.90. The summed E-state index contributed by atoms with van der Waals surface area (Å²) in [5.41, 5.74) is 0.394. The van der Waals surface area contributed by atoms with Gasteiger partial charge in [-0.2, -0.15) is 9.57 Å². The lowest BCUT2D eigenvalue weighted by Gasteiger charge is -2.25. The summed E-state index contributed by atoms with van der Waals surface area (Å²) in [6.45, 7) is 5.12.